The minimum Gasteiger partial charge on any atom is -0.385 e. The Morgan fingerprint density at radius 1 is 1.48 bits per heavy atom. The van der Waals surface area contributed by atoms with E-state index in [1.807, 2.05) is 0 Å². The summed E-state index contributed by atoms with van der Waals surface area (Å²) in [5.41, 5.74) is -0.245. The van der Waals surface area contributed by atoms with E-state index >= 15 is 0 Å². The summed E-state index contributed by atoms with van der Waals surface area (Å²) in [4.78, 5) is 23.9. The van der Waals surface area contributed by atoms with Gasteiger partial charge in [-0.2, -0.15) is 0 Å². The molecule has 0 aliphatic heterocycles. The second-order valence-corrected chi connectivity index (χ2v) is 6.98. The molecule has 1 heterocycles. The van der Waals surface area contributed by atoms with E-state index in [0.717, 1.165) is 12.8 Å². The number of H-pyrrole nitrogens is 1. The van der Waals surface area contributed by atoms with Crippen LogP contribution >= 0.6 is 11.8 Å². The molecule has 1 aromatic rings. The SMILES string of the molecule is COCCCn1c(SCC(=O)N[C@@H]2CCCC[C@H]2C)n[nH]c1=O. The molecule has 0 saturated heterocycles. The lowest BCUT2D eigenvalue weighted by molar-refractivity contribution is -0.119. The van der Waals surface area contributed by atoms with Gasteiger partial charge in [0.2, 0.25) is 5.91 Å². The minimum absolute atomic E-state index is 0.00707. The van der Waals surface area contributed by atoms with E-state index in [2.05, 4.69) is 22.4 Å². The molecule has 1 saturated carbocycles. The lowest BCUT2D eigenvalue weighted by Gasteiger charge is -2.29. The maximum absolute atomic E-state index is 12.1. The molecule has 2 N–H and O–H groups in total. The fourth-order valence-corrected chi connectivity index (χ4v) is 3.67. The number of carbonyl (C=O) groups is 1. The topological polar surface area (TPSA) is 89.0 Å². The molecule has 0 aromatic carbocycles. The minimum atomic E-state index is -0.245. The third-order valence-electron chi connectivity index (χ3n) is 4.24. The van der Waals surface area contributed by atoms with Crippen LogP contribution in [0, 0.1) is 5.92 Å². The molecule has 2 rings (SSSR count). The predicted octanol–water partition coefficient (Wildman–Crippen LogP) is 1.39. The van der Waals surface area contributed by atoms with Crippen LogP contribution in [0.2, 0.25) is 0 Å². The van der Waals surface area contributed by atoms with Gasteiger partial charge in [0.05, 0.1) is 5.75 Å². The van der Waals surface area contributed by atoms with Gasteiger partial charge in [0, 0.05) is 26.3 Å². The Kier molecular flexibility index (Phi) is 7.16. The number of nitrogens with zero attached hydrogens (tertiary/aromatic N) is 2. The molecule has 1 aliphatic carbocycles. The summed E-state index contributed by atoms with van der Waals surface area (Å²) in [5, 5.41) is 10.1. The maximum atomic E-state index is 12.1. The van der Waals surface area contributed by atoms with E-state index in [0.29, 0.717) is 24.2 Å². The van der Waals surface area contributed by atoms with Crippen LogP contribution < -0.4 is 11.0 Å². The van der Waals surface area contributed by atoms with Crippen LogP contribution in [-0.2, 0) is 16.1 Å². The number of hydrogen-bond donors (Lipinski definition) is 2. The molecular formula is C15H26N4O3S. The molecule has 130 valence electrons. The Bertz CT molecular complexity index is 557. The van der Waals surface area contributed by atoms with Gasteiger partial charge in [-0.3, -0.25) is 9.36 Å². The first kappa shape index (κ1) is 18.1. The van der Waals surface area contributed by atoms with E-state index in [1.165, 1.54) is 31.0 Å². The molecule has 23 heavy (non-hydrogen) atoms. The molecular weight excluding hydrogens is 316 g/mol. The number of nitrogens with one attached hydrogen (secondary N) is 2. The largest absolute Gasteiger partial charge is 0.385 e. The zero-order chi connectivity index (χ0) is 16.7. The van der Waals surface area contributed by atoms with E-state index in [9.17, 15) is 9.59 Å². The van der Waals surface area contributed by atoms with Gasteiger partial charge in [0.15, 0.2) is 5.16 Å². The fraction of sp³-hybridized carbons (Fsp3) is 0.800. The van der Waals surface area contributed by atoms with Crippen LogP contribution in [0.15, 0.2) is 9.95 Å². The number of hydrogen-bond acceptors (Lipinski definition) is 5. The van der Waals surface area contributed by atoms with Gasteiger partial charge in [0.1, 0.15) is 0 Å². The first-order chi connectivity index (χ1) is 11.1. The molecule has 1 amide bonds. The first-order valence-corrected chi connectivity index (χ1v) is 9.16. The average molecular weight is 342 g/mol. The molecule has 0 bridgehead atoms. The van der Waals surface area contributed by atoms with Gasteiger partial charge >= 0.3 is 5.69 Å². The van der Waals surface area contributed by atoms with Gasteiger partial charge in [0.25, 0.3) is 0 Å². The van der Waals surface area contributed by atoms with Gasteiger partial charge in [-0.15, -0.1) is 5.10 Å². The number of aromatic nitrogens is 3. The van der Waals surface area contributed by atoms with Crippen LogP contribution in [0.5, 0.6) is 0 Å². The zero-order valence-corrected chi connectivity index (χ0v) is 14.7. The van der Waals surface area contributed by atoms with Crippen LogP contribution in [-0.4, -0.2) is 46.2 Å². The molecule has 2 atom stereocenters. The van der Waals surface area contributed by atoms with Crippen molar-refractivity contribution in [1.29, 1.82) is 0 Å². The van der Waals surface area contributed by atoms with Crippen molar-refractivity contribution in [1.82, 2.24) is 20.1 Å². The number of aromatic amines is 1. The average Bonchev–Trinajstić information content (AvgIpc) is 2.88. The molecule has 1 aliphatic rings. The number of ether oxygens (including phenoxy) is 1. The Morgan fingerprint density at radius 3 is 3.00 bits per heavy atom. The normalized spacial score (nSPS) is 21.3. The highest BCUT2D eigenvalue weighted by Gasteiger charge is 2.23. The second kappa shape index (κ2) is 9.12. The Balaban J connectivity index is 1.83. The fourth-order valence-electron chi connectivity index (χ4n) is 2.89. The highest BCUT2D eigenvalue weighted by Crippen LogP contribution is 2.24. The summed E-state index contributed by atoms with van der Waals surface area (Å²) in [7, 11) is 1.63. The molecule has 0 spiro atoms. The molecule has 1 fully saturated rings. The summed E-state index contributed by atoms with van der Waals surface area (Å²) >= 11 is 1.29. The molecule has 1 aromatic heterocycles. The molecule has 7 nitrogen and oxygen atoms in total. The summed E-state index contributed by atoms with van der Waals surface area (Å²) in [6.07, 6.45) is 5.40. The van der Waals surface area contributed by atoms with Crippen molar-refractivity contribution in [2.75, 3.05) is 19.5 Å². The van der Waals surface area contributed by atoms with E-state index in [1.54, 1.807) is 11.7 Å². The molecule has 8 heteroatoms. The van der Waals surface area contributed by atoms with Gasteiger partial charge in [-0.05, 0) is 25.2 Å². The highest BCUT2D eigenvalue weighted by molar-refractivity contribution is 7.99. The van der Waals surface area contributed by atoms with Crippen molar-refractivity contribution < 1.29 is 9.53 Å². The quantitative estimate of drug-likeness (QED) is 0.550. The van der Waals surface area contributed by atoms with Gasteiger partial charge in [-0.25, -0.2) is 9.89 Å². The van der Waals surface area contributed by atoms with E-state index in [-0.39, 0.29) is 23.4 Å². The summed E-state index contributed by atoms with van der Waals surface area (Å²) in [6, 6.07) is 0.278. The zero-order valence-electron chi connectivity index (χ0n) is 13.8. The van der Waals surface area contributed by atoms with Crippen molar-refractivity contribution in [3.63, 3.8) is 0 Å². The van der Waals surface area contributed by atoms with Crippen molar-refractivity contribution >= 4 is 17.7 Å². The van der Waals surface area contributed by atoms with Crippen LogP contribution in [0.1, 0.15) is 39.0 Å². The van der Waals surface area contributed by atoms with Crippen LogP contribution in [0.25, 0.3) is 0 Å². The Hall–Kier alpha value is -1.28. The first-order valence-electron chi connectivity index (χ1n) is 8.18. The monoisotopic (exact) mass is 342 g/mol. The van der Waals surface area contributed by atoms with Crippen molar-refractivity contribution in [3.8, 4) is 0 Å². The third-order valence-corrected chi connectivity index (χ3v) is 5.22. The van der Waals surface area contributed by atoms with Crippen LogP contribution in [0.4, 0.5) is 0 Å². The number of methoxy groups -OCH3 is 1. The van der Waals surface area contributed by atoms with Crippen molar-refractivity contribution in [2.45, 2.75) is 56.8 Å². The lowest BCUT2D eigenvalue weighted by atomic mass is 9.86. The van der Waals surface area contributed by atoms with Crippen molar-refractivity contribution in [2.24, 2.45) is 5.92 Å². The number of carbonyl (C=O) groups excluding carboxylic acids is 1. The predicted molar refractivity (Wildman–Crippen MR) is 89.6 cm³/mol. The number of amides is 1. The number of thioether (sulfide) groups is 1. The van der Waals surface area contributed by atoms with Crippen molar-refractivity contribution in [3.05, 3.63) is 10.5 Å². The second-order valence-electron chi connectivity index (χ2n) is 6.03. The summed E-state index contributed by atoms with van der Waals surface area (Å²) in [6.45, 7) is 3.31. The standard InChI is InChI=1S/C15H26N4O3S/c1-11-6-3-4-7-12(11)16-13(20)10-23-15-18-17-14(21)19(15)8-5-9-22-2/h11-12H,3-10H2,1-2H3,(H,16,20)(H,17,21)/t11-,12-/m1/s1. The van der Waals surface area contributed by atoms with Gasteiger partial charge in [-0.1, -0.05) is 31.5 Å². The maximum Gasteiger partial charge on any atom is 0.343 e. The van der Waals surface area contributed by atoms with Gasteiger partial charge < -0.3 is 10.1 Å². The van der Waals surface area contributed by atoms with E-state index in [4.69, 9.17) is 4.74 Å². The van der Waals surface area contributed by atoms with Crippen LogP contribution in [0.3, 0.4) is 0 Å². The lowest BCUT2D eigenvalue weighted by Crippen LogP contribution is -2.41. The third kappa shape index (κ3) is 5.39. The highest BCUT2D eigenvalue weighted by atomic mass is 32.2. The summed E-state index contributed by atoms with van der Waals surface area (Å²) in [5.74, 6) is 0.820. The number of rotatable bonds is 8. The van der Waals surface area contributed by atoms with E-state index < -0.39 is 0 Å². The Morgan fingerprint density at radius 2 is 2.26 bits per heavy atom. The molecule has 0 radical (unpaired) electrons. The molecule has 0 unspecified atom stereocenters. The Labute approximate surface area is 140 Å². The summed E-state index contributed by atoms with van der Waals surface area (Å²) < 4.78 is 6.55. The smallest absolute Gasteiger partial charge is 0.343 e.